The first-order valence-electron chi connectivity index (χ1n) is 12.2. The van der Waals surface area contributed by atoms with Crippen LogP contribution < -0.4 is 10.9 Å². The van der Waals surface area contributed by atoms with Gasteiger partial charge in [0.1, 0.15) is 6.17 Å². The quantitative estimate of drug-likeness (QED) is 0.517. The molecule has 2 N–H and O–H groups in total. The monoisotopic (exact) mass is 472 g/mol. The van der Waals surface area contributed by atoms with Gasteiger partial charge in [0.2, 0.25) is 0 Å². The molecule has 1 saturated carbocycles. The zero-order valence-corrected chi connectivity index (χ0v) is 20.9. The van der Waals surface area contributed by atoms with Crippen LogP contribution in [0.3, 0.4) is 0 Å². The molecule has 3 aromatic rings. The number of hydrogen-bond acceptors (Lipinski definition) is 5. The summed E-state index contributed by atoms with van der Waals surface area (Å²) < 4.78 is 1.81. The fourth-order valence-electron chi connectivity index (χ4n) is 5.75. The summed E-state index contributed by atoms with van der Waals surface area (Å²) in [6, 6.07) is 15.6. The van der Waals surface area contributed by atoms with Gasteiger partial charge in [-0.05, 0) is 48.8 Å². The maximum absolute atomic E-state index is 13.2. The lowest BCUT2D eigenvalue weighted by Crippen LogP contribution is -2.45. The molecule has 7 nitrogen and oxygen atoms in total. The number of aliphatic carboxylic acids is 1. The number of para-hydroxylation sites is 1. The highest BCUT2D eigenvalue weighted by Crippen LogP contribution is 2.60. The van der Waals surface area contributed by atoms with Gasteiger partial charge in [0, 0.05) is 22.7 Å². The van der Waals surface area contributed by atoms with Crippen LogP contribution in [0.2, 0.25) is 0 Å². The summed E-state index contributed by atoms with van der Waals surface area (Å²) in [4.78, 5) is 30.0. The lowest BCUT2D eigenvalue weighted by molar-refractivity contribution is -0.154. The van der Waals surface area contributed by atoms with E-state index < -0.39 is 16.8 Å². The minimum Gasteiger partial charge on any atom is -0.481 e. The second kappa shape index (κ2) is 8.04. The van der Waals surface area contributed by atoms with Crippen molar-refractivity contribution in [1.82, 2.24) is 14.8 Å². The molecule has 5 rings (SSSR count). The highest BCUT2D eigenvalue weighted by atomic mass is 16.4. The number of carboxylic acid groups (broad SMARTS) is 1. The van der Waals surface area contributed by atoms with E-state index in [2.05, 4.69) is 24.1 Å². The molecule has 0 bridgehead atoms. The van der Waals surface area contributed by atoms with Crippen molar-refractivity contribution in [3.05, 3.63) is 64.4 Å². The number of nitrogens with zero attached hydrogens (tertiary/aromatic N) is 3. The van der Waals surface area contributed by atoms with Crippen molar-refractivity contribution < 1.29 is 9.90 Å². The highest BCUT2D eigenvalue weighted by Gasteiger charge is 2.59. The number of carbonyl (C=O) groups is 1. The van der Waals surface area contributed by atoms with Crippen LogP contribution in [0.25, 0.3) is 22.6 Å². The third-order valence-electron chi connectivity index (χ3n) is 8.58. The van der Waals surface area contributed by atoms with Crippen LogP contribution in [0.1, 0.15) is 65.1 Å². The summed E-state index contributed by atoms with van der Waals surface area (Å²) in [6.07, 6.45) is 0.964. The van der Waals surface area contributed by atoms with E-state index in [0.29, 0.717) is 23.9 Å². The Morgan fingerprint density at radius 2 is 1.80 bits per heavy atom. The second-order valence-electron chi connectivity index (χ2n) is 10.9. The number of anilines is 1. The molecule has 0 saturated heterocycles. The molecule has 7 heteroatoms. The summed E-state index contributed by atoms with van der Waals surface area (Å²) in [5, 5.41) is 18.6. The molecule has 1 aliphatic heterocycles. The van der Waals surface area contributed by atoms with Gasteiger partial charge in [-0.15, -0.1) is 0 Å². The van der Waals surface area contributed by atoms with Crippen LogP contribution in [0.4, 0.5) is 5.69 Å². The van der Waals surface area contributed by atoms with Gasteiger partial charge >= 0.3 is 5.97 Å². The molecule has 1 aliphatic carbocycles. The average molecular weight is 473 g/mol. The van der Waals surface area contributed by atoms with Gasteiger partial charge in [-0.3, -0.25) is 9.59 Å². The molecule has 0 amide bonds. The van der Waals surface area contributed by atoms with Crippen molar-refractivity contribution in [2.24, 2.45) is 16.7 Å². The van der Waals surface area contributed by atoms with E-state index in [1.807, 2.05) is 74.0 Å². The first kappa shape index (κ1) is 23.3. The normalized spacial score (nSPS) is 24.5. The number of carboxylic acids is 1. The molecule has 182 valence electrons. The number of aromatic nitrogens is 3. The van der Waals surface area contributed by atoms with Gasteiger partial charge in [0.15, 0.2) is 11.5 Å². The second-order valence-corrected chi connectivity index (χ2v) is 10.9. The topological polar surface area (TPSA) is 97.1 Å². The zero-order valence-electron chi connectivity index (χ0n) is 20.9. The van der Waals surface area contributed by atoms with E-state index in [4.69, 9.17) is 5.10 Å². The largest absolute Gasteiger partial charge is 0.481 e. The van der Waals surface area contributed by atoms with Crippen LogP contribution >= 0.6 is 0 Å². The smallest absolute Gasteiger partial charge is 0.309 e. The van der Waals surface area contributed by atoms with Crippen LogP contribution in [-0.4, -0.2) is 25.8 Å². The molecule has 2 heterocycles. The molecule has 35 heavy (non-hydrogen) atoms. The fourth-order valence-corrected chi connectivity index (χ4v) is 5.75. The third-order valence-corrected chi connectivity index (χ3v) is 8.58. The number of fused-ring (bicyclic) bond motifs is 3. The molecular formula is C28H32N4O3. The van der Waals surface area contributed by atoms with E-state index in [0.717, 1.165) is 23.2 Å². The zero-order chi connectivity index (χ0) is 25.1. The van der Waals surface area contributed by atoms with Crippen LogP contribution in [-0.2, 0) is 4.79 Å². The fraction of sp³-hybridized carbons (Fsp3) is 0.429. The van der Waals surface area contributed by atoms with E-state index in [1.165, 1.54) is 5.56 Å². The van der Waals surface area contributed by atoms with Gasteiger partial charge in [-0.1, -0.05) is 64.1 Å². The molecule has 2 aliphatic rings. The number of rotatable bonds is 4. The number of nitrogens with one attached hydrogen (secondary N) is 1. The summed E-state index contributed by atoms with van der Waals surface area (Å²) in [6.45, 7) is 10.2. The molecule has 3 atom stereocenters. The number of hydrogen-bond donors (Lipinski definition) is 2. The van der Waals surface area contributed by atoms with Crippen molar-refractivity contribution >= 4 is 11.7 Å². The Balaban J connectivity index is 1.67. The summed E-state index contributed by atoms with van der Waals surface area (Å²) in [5.74, 6) is 0.0802. The predicted octanol–water partition coefficient (Wildman–Crippen LogP) is 5.55. The Labute approximate surface area is 205 Å². The molecule has 0 spiro atoms. The van der Waals surface area contributed by atoms with Crippen molar-refractivity contribution in [3.63, 3.8) is 0 Å². The van der Waals surface area contributed by atoms with Crippen molar-refractivity contribution in [2.45, 2.75) is 59.5 Å². The van der Waals surface area contributed by atoms with Gasteiger partial charge in [-0.2, -0.15) is 10.1 Å². The molecule has 0 radical (unpaired) electrons. The van der Waals surface area contributed by atoms with Gasteiger partial charge < -0.3 is 10.4 Å². The molecule has 1 aromatic heterocycles. The highest BCUT2D eigenvalue weighted by molar-refractivity contribution is 5.77. The Bertz CT molecular complexity index is 1360. The lowest BCUT2D eigenvalue weighted by Gasteiger charge is -2.43. The van der Waals surface area contributed by atoms with Gasteiger partial charge in [-0.25, -0.2) is 4.68 Å². The van der Waals surface area contributed by atoms with Crippen molar-refractivity contribution in [2.75, 3.05) is 5.32 Å². The Kier molecular flexibility index (Phi) is 5.34. The molecular weight excluding hydrogens is 440 g/mol. The maximum Gasteiger partial charge on any atom is 0.309 e. The van der Waals surface area contributed by atoms with E-state index in [1.54, 1.807) is 0 Å². The molecule has 0 unspecified atom stereocenters. The predicted molar refractivity (Wildman–Crippen MR) is 136 cm³/mol. The summed E-state index contributed by atoms with van der Waals surface area (Å²) >= 11 is 0. The Morgan fingerprint density at radius 1 is 1.11 bits per heavy atom. The molecule has 1 fully saturated rings. The van der Waals surface area contributed by atoms with Crippen LogP contribution in [0.15, 0.2) is 53.3 Å². The SMILES string of the molecule is CC(C)c1ccc(-c2nn3c(nc2=O)-c2ccccc2N[C@@H]3[C@@H]2CC[C@](C)(C(=O)O)C2(C)C)cc1. The minimum absolute atomic E-state index is 0.0383. The van der Waals surface area contributed by atoms with E-state index >= 15 is 0 Å². The maximum atomic E-state index is 13.2. The Morgan fingerprint density at radius 3 is 2.43 bits per heavy atom. The van der Waals surface area contributed by atoms with Crippen molar-refractivity contribution in [1.29, 1.82) is 0 Å². The van der Waals surface area contributed by atoms with Crippen LogP contribution in [0.5, 0.6) is 0 Å². The third kappa shape index (κ3) is 3.48. The number of benzene rings is 2. The van der Waals surface area contributed by atoms with Crippen molar-refractivity contribution in [3.8, 4) is 22.6 Å². The first-order chi connectivity index (χ1) is 16.5. The standard InChI is InChI=1S/C28H32N4O3/c1-16(2)17-10-12-18(13-11-17)22-25(33)30-23-19-8-6-7-9-21(19)29-24(32(23)31-22)20-14-15-28(5,26(34)35)27(20,3)4/h6-13,16,20,24,29H,14-15H2,1-5H3,(H,34,35)/t20-,24-,28+/m0/s1. The summed E-state index contributed by atoms with van der Waals surface area (Å²) in [5.41, 5.74) is 2.14. The first-order valence-corrected chi connectivity index (χ1v) is 12.2. The van der Waals surface area contributed by atoms with E-state index in [9.17, 15) is 14.7 Å². The summed E-state index contributed by atoms with van der Waals surface area (Å²) in [7, 11) is 0. The average Bonchev–Trinajstić information content (AvgIpc) is 3.08. The molecule has 2 aromatic carbocycles. The van der Waals surface area contributed by atoms with Crippen LogP contribution in [0, 0.1) is 16.7 Å². The van der Waals surface area contributed by atoms with E-state index in [-0.39, 0.29) is 17.6 Å². The minimum atomic E-state index is -0.863. The van der Waals surface area contributed by atoms with Gasteiger partial charge in [0.25, 0.3) is 5.56 Å². The Hall–Kier alpha value is -3.48. The van der Waals surface area contributed by atoms with Gasteiger partial charge in [0.05, 0.1) is 5.41 Å². The lowest BCUT2D eigenvalue weighted by atomic mass is 9.65.